The van der Waals surface area contributed by atoms with Crippen molar-refractivity contribution in [3.63, 3.8) is 0 Å². The Balaban J connectivity index is 1.49. The van der Waals surface area contributed by atoms with Gasteiger partial charge in [0.25, 0.3) is 0 Å². The third-order valence-electron chi connectivity index (χ3n) is 3.94. The molecule has 0 unspecified atom stereocenters. The van der Waals surface area contributed by atoms with Crippen molar-refractivity contribution >= 4 is 21.8 Å². The molecular weight excluding hydrogens is 361 g/mol. The van der Waals surface area contributed by atoms with E-state index in [0.29, 0.717) is 5.75 Å². The van der Waals surface area contributed by atoms with Crippen molar-refractivity contribution in [3.05, 3.63) is 64.4 Å². The Labute approximate surface area is 143 Å². The Morgan fingerprint density at radius 1 is 1.13 bits per heavy atom. The summed E-state index contributed by atoms with van der Waals surface area (Å²) in [5, 5.41) is 3.10. The van der Waals surface area contributed by atoms with E-state index in [-0.39, 0.29) is 30.3 Å². The van der Waals surface area contributed by atoms with Crippen LogP contribution in [0.3, 0.4) is 0 Å². The number of carbonyl (C=O) groups excluding carboxylic acids is 1. The number of ether oxygens (including phenoxy) is 1. The number of carbonyl (C=O) groups is 1. The van der Waals surface area contributed by atoms with Crippen molar-refractivity contribution < 1.29 is 13.9 Å². The number of halogens is 2. The Morgan fingerprint density at radius 3 is 2.39 bits per heavy atom. The van der Waals surface area contributed by atoms with Crippen molar-refractivity contribution in [2.75, 3.05) is 6.61 Å². The highest BCUT2D eigenvalue weighted by atomic mass is 79.9. The first kappa shape index (κ1) is 16.0. The highest BCUT2D eigenvalue weighted by Crippen LogP contribution is 2.45. The highest BCUT2D eigenvalue weighted by molar-refractivity contribution is 9.10. The number of rotatable bonds is 6. The van der Waals surface area contributed by atoms with Crippen molar-refractivity contribution in [3.8, 4) is 5.75 Å². The zero-order valence-corrected chi connectivity index (χ0v) is 14.1. The standard InChI is InChI=1S/C18H17BrFNO2/c19-14-3-1-13(2-4-14)18(10-11-18)21-17(22)9-12-23-16-7-5-15(20)6-8-16/h1-8H,9-12H2,(H,21,22). The number of benzene rings is 2. The van der Waals surface area contributed by atoms with Crippen LogP contribution in [0.4, 0.5) is 4.39 Å². The van der Waals surface area contributed by atoms with Gasteiger partial charge in [-0.25, -0.2) is 4.39 Å². The van der Waals surface area contributed by atoms with Crippen LogP contribution in [0.1, 0.15) is 24.8 Å². The molecule has 120 valence electrons. The van der Waals surface area contributed by atoms with Crippen LogP contribution in [0.25, 0.3) is 0 Å². The number of hydrogen-bond acceptors (Lipinski definition) is 2. The van der Waals surface area contributed by atoms with E-state index in [1.807, 2.05) is 24.3 Å². The van der Waals surface area contributed by atoms with Crippen LogP contribution in [0.15, 0.2) is 53.0 Å². The third kappa shape index (κ3) is 4.10. The normalized spacial score (nSPS) is 15.0. The third-order valence-corrected chi connectivity index (χ3v) is 4.47. The topological polar surface area (TPSA) is 38.3 Å². The van der Waals surface area contributed by atoms with E-state index in [0.717, 1.165) is 22.9 Å². The van der Waals surface area contributed by atoms with Crippen LogP contribution in [0, 0.1) is 5.82 Å². The lowest BCUT2D eigenvalue weighted by atomic mass is 10.0. The first-order chi connectivity index (χ1) is 11.1. The molecule has 1 N–H and O–H groups in total. The summed E-state index contributed by atoms with van der Waals surface area (Å²) in [7, 11) is 0. The fraction of sp³-hybridized carbons (Fsp3) is 0.278. The zero-order chi connectivity index (χ0) is 16.3. The molecule has 2 aromatic carbocycles. The Bertz CT molecular complexity index is 681. The summed E-state index contributed by atoms with van der Waals surface area (Å²) in [5.41, 5.74) is 0.918. The van der Waals surface area contributed by atoms with Gasteiger partial charge in [-0.3, -0.25) is 4.79 Å². The minimum atomic E-state index is -0.305. The molecule has 3 nitrogen and oxygen atoms in total. The lowest BCUT2D eigenvalue weighted by molar-refractivity contribution is -0.122. The van der Waals surface area contributed by atoms with Crippen LogP contribution < -0.4 is 10.1 Å². The van der Waals surface area contributed by atoms with E-state index in [4.69, 9.17) is 4.74 Å². The minimum absolute atomic E-state index is 0.0347. The molecule has 0 heterocycles. The predicted molar refractivity (Wildman–Crippen MR) is 89.7 cm³/mol. The summed E-state index contributed by atoms with van der Waals surface area (Å²) in [6, 6.07) is 13.8. The molecule has 0 bridgehead atoms. The smallest absolute Gasteiger partial charge is 0.224 e. The van der Waals surface area contributed by atoms with Gasteiger partial charge in [-0.1, -0.05) is 28.1 Å². The minimum Gasteiger partial charge on any atom is -0.493 e. The second-order valence-corrected chi connectivity index (χ2v) is 6.61. The van der Waals surface area contributed by atoms with Crippen LogP contribution >= 0.6 is 15.9 Å². The van der Waals surface area contributed by atoms with Gasteiger partial charge in [0.2, 0.25) is 5.91 Å². The Kier molecular flexibility index (Phi) is 4.66. The molecule has 3 rings (SSSR count). The van der Waals surface area contributed by atoms with Crippen molar-refractivity contribution in [1.29, 1.82) is 0 Å². The molecule has 0 aromatic heterocycles. The first-order valence-corrected chi connectivity index (χ1v) is 8.32. The summed E-state index contributed by atoms with van der Waals surface area (Å²) < 4.78 is 19.3. The highest BCUT2D eigenvalue weighted by Gasteiger charge is 2.45. The SMILES string of the molecule is O=C(CCOc1ccc(F)cc1)NC1(c2ccc(Br)cc2)CC1. The number of amides is 1. The van der Waals surface area contributed by atoms with Gasteiger partial charge in [0.05, 0.1) is 18.6 Å². The lowest BCUT2D eigenvalue weighted by Gasteiger charge is -2.18. The molecule has 1 aliphatic carbocycles. The van der Waals surface area contributed by atoms with E-state index in [9.17, 15) is 9.18 Å². The molecule has 0 spiro atoms. The molecule has 0 saturated heterocycles. The van der Waals surface area contributed by atoms with Gasteiger partial charge < -0.3 is 10.1 Å². The molecule has 1 amide bonds. The van der Waals surface area contributed by atoms with Crippen LogP contribution in [0.2, 0.25) is 0 Å². The van der Waals surface area contributed by atoms with E-state index < -0.39 is 0 Å². The summed E-state index contributed by atoms with van der Waals surface area (Å²) in [5.74, 6) is 0.223. The second kappa shape index (κ2) is 6.71. The van der Waals surface area contributed by atoms with Gasteiger partial charge in [0.1, 0.15) is 11.6 Å². The van der Waals surface area contributed by atoms with Crippen molar-refractivity contribution in [2.45, 2.75) is 24.8 Å². The van der Waals surface area contributed by atoms with Crippen LogP contribution in [-0.2, 0) is 10.3 Å². The van der Waals surface area contributed by atoms with Gasteiger partial charge in [-0.15, -0.1) is 0 Å². The summed E-state index contributed by atoms with van der Waals surface area (Å²) in [4.78, 5) is 12.1. The molecule has 1 aliphatic rings. The molecule has 1 fully saturated rings. The van der Waals surface area contributed by atoms with E-state index in [1.54, 1.807) is 12.1 Å². The van der Waals surface area contributed by atoms with E-state index in [2.05, 4.69) is 21.2 Å². The number of hydrogen-bond donors (Lipinski definition) is 1. The lowest BCUT2D eigenvalue weighted by Crippen LogP contribution is -2.35. The van der Waals surface area contributed by atoms with Gasteiger partial charge in [-0.05, 0) is 54.8 Å². The largest absolute Gasteiger partial charge is 0.493 e. The summed E-state index contributed by atoms with van der Waals surface area (Å²) in [6.07, 6.45) is 2.19. The van der Waals surface area contributed by atoms with Crippen molar-refractivity contribution in [2.24, 2.45) is 0 Å². The Morgan fingerprint density at radius 2 is 1.78 bits per heavy atom. The molecule has 2 aromatic rings. The fourth-order valence-electron chi connectivity index (χ4n) is 2.50. The van der Waals surface area contributed by atoms with Crippen LogP contribution in [0.5, 0.6) is 5.75 Å². The molecule has 1 saturated carbocycles. The maximum absolute atomic E-state index is 12.8. The average Bonchev–Trinajstić information content (AvgIpc) is 3.30. The van der Waals surface area contributed by atoms with E-state index >= 15 is 0 Å². The molecule has 5 heteroatoms. The first-order valence-electron chi connectivity index (χ1n) is 7.53. The van der Waals surface area contributed by atoms with Crippen molar-refractivity contribution in [1.82, 2.24) is 5.32 Å². The molecule has 0 aliphatic heterocycles. The van der Waals surface area contributed by atoms with Gasteiger partial charge in [0.15, 0.2) is 0 Å². The van der Waals surface area contributed by atoms with Gasteiger partial charge in [0, 0.05) is 4.47 Å². The van der Waals surface area contributed by atoms with Gasteiger partial charge >= 0.3 is 0 Å². The quantitative estimate of drug-likeness (QED) is 0.820. The summed E-state index contributed by atoms with van der Waals surface area (Å²) in [6.45, 7) is 0.272. The zero-order valence-electron chi connectivity index (χ0n) is 12.5. The predicted octanol–water partition coefficient (Wildman–Crippen LogP) is 4.16. The molecule has 0 atom stereocenters. The van der Waals surface area contributed by atoms with Crippen LogP contribution in [-0.4, -0.2) is 12.5 Å². The fourth-order valence-corrected chi connectivity index (χ4v) is 2.77. The number of nitrogens with one attached hydrogen (secondary N) is 1. The van der Waals surface area contributed by atoms with Gasteiger partial charge in [-0.2, -0.15) is 0 Å². The summed E-state index contributed by atoms with van der Waals surface area (Å²) >= 11 is 3.42. The average molecular weight is 378 g/mol. The molecular formula is C18H17BrFNO2. The molecule has 0 radical (unpaired) electrons. The van der Waals surface area contributed by atoms with E-state index in [1.165, 1.54) is 12.1 Å². The second-order valence-electron chi connectivity index (χ2n) is 5.69. The monoisotopic (exact) mass is 377 g/mol. The molecule has 23 heavy (non-hydrogen) atoms. The maximum Gasteiger partial charge on any atom is 0.224 e. The maximum atomic E-state index is 12.8. The Hall–Kier alpha value is -1.88.